The summed E-state index contributed by atoms with van der Waals surface area (Å²) in [6.45, 7) is 0. The number of fused-ring (bicyclic) bond motifs is 1. The molecule has 5 heteroatoms. The van der Waals surface area contributed by atoms with Crippen molar-refractivity contribution in [2.75, 3.05) is 5.32 Å². The molecule has 0 aliphatic heterocycles. The fourth-order valence-corrected chi connectivity index (χ4v) is 3.79. The van der Waals surface area contributed by atoms with E-state index in [1.165, 1.54) is 0 Å². The first-order chi connectivity index (χ1) is 15.2. The second-order valence-corrected chi connectivity index (χ2v) is 7.93. The molecule has 31 heavy (non-hydrogen) atoms. The molecular formula is C26H23N3O2. The van der Waals surface area contributed by atoms with E-state index < -0.39 is 6.04 Å². The number of anilines is 1. The van der Waals surface area contributed by atoms with E-state index in [0.29, 0.717) is 17.2 Å². The van der Waals surface area contributed by atoms with Crippen LogP contribution in [-0.2, 0) is 0 Å². The number of carbonyl (C=O) groups excluding carboxylic acids is 2. The molecule has 0 saturated heterocycles. The van der Waals surface area contributed by atoms with E-state index >= 15 is 0 Å². The normalized spacial score (nSPS) is 14.2. The van der Waals surface area contributed by atoms with Gasteiger partial charge in [0, 0.05) is 40.0 Å². The van der Waals surface area contributed by atoms with E-state index in [-0.39, 0.29) is 11.7 Å². The molecule has 0 spiro atoms. The summed E-state index contributed by atoms with van der Waals surface area (Å²) in [5.41, 5.74) is 3.75. The van der Waals surface area contributed by atoms with Crippen molar-refractivity contribution in [2.45, 2.75) is 24.9 Å². The molecule has 5 nitrogen and oxygen atoms in total. The molecule has 1 amide bonds. The third kappa shape index (κ3) is 4.08. The van der Waals surface area contributed by atoms with Gasteiger partial charge in [0.15, 0.2) is 5.78 Å². The maximum atomic E-state index is 13.6. The first-order valence-electron chi connectivity index (χ1n) is 10.5. The highest BCUT2D eigenvalue weighted by Gasteiger charge is 2.26. The Balaban J connectivity index is 1.47. The summed E-state index contributed by atoms with van der Waals surface area (Å²) >= 11 is 0. The molecule has 1 atom stereocenters. The largest absolute Gasteiger partial charge is 0.371 e. The average molecular weight is 409 g/mol. The average Bonchev–Trinajstić information content (AvgIpc) is 3.52. The molecule has 5 rings (SSSR count). The Morgan fingerprint density at radius 2 is 1.68 bits per heavy atom. The third-order valence-corrected chi connectivity index (χ3v) is 5.60. The highest BCUT2D eigenvalue weighted by molar-refractivity contribution is 6.11. The summed E-state index contributed by atoms with van der Waals surface area (Å²) in [4.78, 5) is 29.3. The lowest BCUT2D eigenvalue weighted by Gasteiger charge is -2.20. The molecule has 1 saturated carbocycles. The van der Waals surface area contributed by atoms with Crippen LogP contribution < -0.4 is 10.6 Å². The molecule has 1 heterocycles. The second kappa shape index (κ2) is 8.11. The van der Waals surface area contributed by atoms with Crippen molar-refractivity contribution in [3.63, 3.8) is 0 Å². The molecule has 1 aliphatic carbocycles. The van der Waals surface area contributed by atoms with E-state index in [0.717, 1.165) is 35.0 Å². The van der Waals surface area contributed by atoms with Crippen LogP contribution in [0.5, 0.6) is 0 Å². The number of hydrogen-bond donors (Lipinski definition) is 3. The zero-order valence-electron chi connectivity index (χ0n) is 17.0. The van der Waals surface area contributed by atoms with Gasteiger partial charge >= 0.3 is 0 Å². The first kappa shape index (κ1) is 19.1. The fraction of sp³-hybridized carbons (Fsp3) is 0.154. The summed E-state index contributed by atoms with van der Waals surface area (Å²) < 4.78 is 0. The molecule has 3 aromatic carbocycles. The number of aromatic nitrogens is 1. The van der Waals surface area contributed by atoms with Crippen molar-refractivity contribution >= 4 is 28.3 Å². The van der Waals surface area contributed by atoms with Crippen LogP contribution in [0, 0.1) is 0 Å². The molecule has 3 N–H and O–H groups in total. The van der Waals surface area contributed by atoms with Crippen LogP contribution >= 0.6 is 0 Å². The molecule has 1 fully saturated rings. The third-order valence-electron chi connectivity index (χ3n) is 5.60. The zero-order valence-corrected chi connectivity index (χ0v) is 17.0. The van der Waals surface area contributed by atoms with Crippen LogP contribution in [-0.4, -0.2) is 22.7 Å². The van der Waals surface area contributed by atoms with Gasteiger partial charge in [0.25, 0.3) is 5.91 Å². The summed E-state index contributed by atoms with van der Waals surface area (Å²) in [5, 5.41) is 7.27. The Morgan fingerprint density at radius 3 is 2.48 bits per heavy atom. The van der Waals surface area contributed by atoms with Crippen LogP contribution in [0.1, 0.15) is 45.2 Å². The van der Waals surface area contributed by atoms with Gasteiger partial charge in [-0.25, -0.2) is 0 Å². The number of aromatic amines is 1. The van der Waals surface area contributed by atoms with Gasteiger partial charge < -0.3 is 15.6 Å². The van der Waals surface area contributed by atoms with E-state index in [1.54, 1.807) is 18.3 Å². The Bertz CT molecular complexity index is 1240. The molecule has 1 aromatic heterocycles. The number of Topliss-reactive ketones (excluding diaryl/α,β-unsaturated/α-hetero) is 1. The number of rotatable bonds is 7. The molecule has 0 bridgehead atoms. The van der Waals surface area contributed by atoms with Crippen molar-refractivity contribution in [3.05, 3.63) is 102 Å². The summed E-state index contributed by atoms with van der Waals surface area (Å²) in [7, 11) is 0. The predicted molar refractivity (Wildman–Crippen MR) is 122 cm³/mol. The second-order valence-electron chi connectivity index (χ2n) is 7.93. The van der Waals surface area contributed by atoms with E-state index in [2.05, 4.69) is 15.6 Å². The fourth-order valence-electron chi connectivity index (χ4n) is 3.79. The van der Waals surface area contributed by atoms with Crippen molar-refractivity contribution in [2.24, 2.45) is 0 Å². The monoisotopic (exact) mass is 409 g/mol. The van der Waals surface area contributed by atoms with E-state index in [9.17, 15) is 9.59 Å². The maximum Gasteiger partial charge on any atom is 0.251 e. The minimum Gasteiger partial charge on any atom is -0.371 e. The quantitative estimate of drug-likeness (QED) is 0.372. The van der Waals surface area contributed by atoms with Crippen LogP contribution in [0.4, 0.5) is 5.69 Å². The van der Waals surface area contributed by atoms with Gasteiger partial charge in [-0.1, -0.05) is 54.6 Å². The van der Waals surface area contributed by atoms with Gasteiger partial charge in [-0.15, -0.1) is 0 Å². The number of hydrogen-bond acceptors (Lipinski definition) is 3. The lowest BCUT2D eigenvalue weighted by molar-refractivity contribution is 0.0949. The lowest BCUT2D eigenvalue weighted by Crippen LogP contribution is -2.25. The lowest BCUT2D eigenvalue weighted by atomic mass is 9.96. The number of para-hydroxylation sites is 1. The van der Waals surface area contributed by atoms with Crippen molar-refractivity contribution in [1.82, 2.24) is 10.3 Å². The van der Waals surface area contributed by atoms with Gasteiger partial charge in [-0.3, -0.25) is 9.59 Å². The zero-order chi connectivity index (χ0) is 21.2. The van der Waals surface area contributed by atoms with Crippen LogP contribution in [0.15, 0.2) is 85.1 Å². The number of nitrogens with one attached hydrogen (secondary N) is 3. The minimum atomic E-state index is -0.581. The summed E-state index contributed by atoms with van der Waals surface area (Å²) in [6.07, 6.45) is 3.85. The number of H-pyrrole nitrogens is 1. The Labute approximate surface area is 180 Å². The van der Waals surface area contributed by atoms with Gasteiger partial charge in [0.05, 0.1) is 0 Å². The number of carbonyl (C=O) groups is 2. The molecule has 0 radical (unpaired) electrons. The van der Waals surface area contributed by atoms with Crippen molar-refractivity contribution in [1.29, 1.82) is 0 Å². The standard InChI is InChI=1S/C26H23N3O2/c30-25(22-16-27-23-12-5-4-11-21(22)23)24(17-7-2-1-3-8-17)28-20-10-6-9-18(15-20)26(31)29-19-13-14-19/h1-12,15-16,19,24,27-28H,13-14H2,(H,29,31)/t24-/m0/s1. The highest BCUT2D eigenvalue weighted by atomic mass is 16.1. The van der Waals surface area contributed by atoms with Gasteiger partial charge in [0.2, 0.25) is 0 Å². The van der Waals surface area contributed by atoms with Gasteiger partial charge in [-0.05, 0) is 42.7 Å². The molecule has 4 aromatic rings. The minimum absolute atomic E-state index is 0.0310. The number of amides is 1. The molecular weight excluding hydrogens is 386 g/mol. The maximum absolute atomic E-state index is 13.6. The number of benzene rings is 3. The molecule has 1 aliphatic rings. The highest BCUT2D eigenvalue weighted by Crippen LogP contribution is 2.28. The van der Waals surface area contributed by atoms with Crippen molar-refractivity contribution < 1.29 is 9.59 Å². The molecule has 0 unspecified atom stereocenters. The number of ketones is 1. The van der Waals surface area contributed by atoms with Gasteiger partial charge in [-0.2, -0.15) is 0 Å². The van der Waals surface area contributed by atoms with E-state index in [4.69, 9.17) is 0 Å². The van der Waals surface area contributed by atoms with Crippen LogP contribution in [0.3, 0.4) is 0 Å². The SMILES string of the molecule is O=C(NC1CC1)c1cccc(N[C@H](C(=O)c2c[nH]c3ccccc23)c2ccccc2)c1. The van der Waals surface area contributed by atoms with Crippen molar-refractivity contribution in [3.8, 4) is 0 Å². The van der Waals surface area contributed by atoms with Crippen LogP contribution in [0.2, 0.25) is 0 Å². The smallest absolute Gasteiger partial charge is 0.251 e. The Kier molecular flexibility index (Phi) is 5.00. The predicted octanol–water partition coefficient (Wildman–Crippen LogP) is 5.10. The van der Waals surface area contributed by atoms with Gasteiger partial charge in [0.1, 0.15) is 6.04 Å². The summed E-state index contributed by atoms with van der Waals surface area (Å²) in [6, 6.07) is 24.5. The van der Waals surface area contributed by atoms with Crippen LogP contribution in [0.25, 0.3) is 10.9 Å². The Hall–Kier alpha value is -3.86. The summed E-state index contributed by atoms with van der Waals surface area (Å²) in [5.74, 6) is -0.109. The first-order valence-corrected chi connectivity index (χ1v) is 10.5. The van der Waals surface area contributed by atoms with E-state index in [1.807, 2.05) is 66.7 Å². The topological polar surface area (TPSA) is 74.0 Å². The molecule has 154 valence electrons. The Morgan fingerprint density at radius 1 is 0.903 bits per heavy atom.